The minimum absolute atomic E-state index is 0.241. The van der Waals surface area contributed by atoms with Gasteiger partial charge < -0.3 is 9.84 Å². The number of fused-ring (bicyclic) bond motifs is 1. The average Bonchev–Trinajstić information content (AvgIpc) is 2.99. The van der Waals surface area contributed by atoms with Crippen molar-refractivity contribution in [1.29, 1.82) is 0 Å². The van der Waals surface area contributed by atoms with Gasteiger partial charge in [0.2, 0.25) is 0 Å². The number of aryl methyl sites for hydroxylation is 4. The summed E-state index contributed by atoms with van der Waals surface area (Å²) in [6.45, 7) is 10.3. The zero-order valence-electron chi connectivity index (χ0n) is 15.8. The highest BCUT2D eigenvalue weighted by Crippen LogP contribution is 2.26. The number of aromatic nitrogens is 4. The molecule has 1 aromatic carbocycles. The quantitative estimate of drug-likeness (QED) is 0.670. The van der Waals surface area contributed by atoms with Crippen LogP contribution in [-0.2, 0) is 0 Å². The van der Waals surface area contributed by atoms with E-state index < -0.39 is 6.10 Å². The number of aliphatic hydroxyl groups is 1. The van der Waals surface area contributed by atoms with Crippen LogP contribution in [0.25, 0.3) is 5.78 Å². The zero-order chi connectivity index (χ0) is 18.8. The minimum Gasteiger partial charge on any atom is -0.490 e. The minimum atomic E-state index is -0.606. The smallest absolute Gasteiger partial charge is 0.256 e. The van der Waals surface area contributed by atoms with Crippen molar-refractivity contribution in [2.45, 2.75) is 45.9 Å². The highest BCUT2D eigenvalue weighted by Gasteiger charge is 2.14. The maximum Gasteiger partial charge on any atom is 0.256 e. The molecule has 7 heteroatoms. The third-order valence-corrected chi connectivity index (χ3v) is 5.44. The Labute approximate surface area is 157 Å². The number of ether oxygens (including phenoxy) is 1. The first-order valence-corrected chi connectivity index (χ1v) is 9.55. The highest BCUT2D eigenvalue weighted by atomic mass is 32.2. The van der Waals surface area contributed by atoms with Crippen molar-refractivity contribution >= 4 is 17.5 Å². The van der Waals surface area contributed by atoms with Gasteiger partial charge in [-0.25, -0.2) is 4.98 Å². The Kier molecular flexibility index (Phi) is 5.48. The number of hydrogen-bond donors (Lipinski definition) is 1. The first kappa shape index (κ1) is 18.7. The maximum atomic E-state index is 10.3. The van der Waals surface area contributed by atoms with Crippen molar-refractivity contribution in [2.75, 3.05) is 12.4 Å². The standard InChI is InChI=1S/C19H24N4O2S/c1-11-6-7-12(2)17(15(11)5)25-9-16(24)10-26-19-22-21-18-20-13(3)8-14(4)23(18)19/h6-8,16,24H,9-10H2,1-5H3/t16-/m0/s1. The Hall–Kier alpha value is -2.12. The van der Waals surface area contributed by atoms with Crippen molar-refractivity contribution < 1.29 is 9.84 Å². The van der Waals surface area contributed by atoms with Gasteiger partial charge in [0.1, 0.15) is 12.4 Å². The summed E-state index contributed by atoms with van der Waals surface area (Å²) in [5.74, 6) is 1.91. The molecule has 1 atom stereocenters. The van der Waals surface area contributed by atoms with Gasteiger partial charge in [0.15, 0.2) is 5.16 Å². The van der Waals surface area contributed by atoms with Crippen LogP contribution in [0, 0.1) is 34.6 Å². The van der Waals surface area contributed by atoms with Crippen molar-refractivity contribution in [3.8, 4) is 5.75 Å². The lowest BCUT2D eigenvalue weighted by molar-refractivity contribution is 0.125. The van der Waals surface area contributed by atoms with Gasteiger partial charge in [0.25, 0.3) is 5.78 Å². The van der Waals surface area contributed by atoms with E-state index in [-0.39, 0.29) is 6.61 Å². The van der Waals surface area contributed by atoms with Gasteiger partial charge in [0, 0.05) is 17.1 Å². The van der Waals surface area contributed by atoms with E-state index in [0.29, 0.717) is 11.5 Å². The predicted octanol–water partition coefficient (Wildman–Crippen LogP) is 3.20. The second-order valence-electron chi connectivity index (χ2n) is 6.59. The van der Waals surface area contributed by atoms with Crippen LogP contribution in [0.4, 0.5) is 0 Å². The fraction of sp³-hybridized carbons (Fsp3) is 0.421. The molecule has 3 rings (SSSR count). The van der Waals surface area contributed by atoms with E-state index in [0.717, 1.165) is 33.4 Å². The summed E-state index contributed by atoms with van der Waals surface area (Å²) in [5, 5.41) is 19.4. The number of thioether (sulfide) groups is 1. The van der Waals surface area contributed by atoms with Crippen molar-refractivity contribution in [3.63, 3.8) is 0 Å². The summed E-state index contributed by atoms with van der Waals surface area (Å²) >= 11 is 1.45. The molecule has 0 spiro atoms. The molecule has 0 fully saturated rings. The Bertz CT molecular complexity index is 939. The van der Waals surface area contributed by atoms with Gasteiger partial charge in [-0.2, -0.15) is 0 Å². The van der Waals surface area contributed by atoms with Gasteiger partial charge in [-0.05, 0) is 57.4 Å². The van der Waals surface area contributed by atoms with Gasteiger partial charge in [-0.15, -0.1) is 10.2 Å². The molecule has 0 amide bonds. The fourth-order valence-electron chi connectivity index (χ4n) is 2.84. The molecule has 1 N–H and O–H groups in total. The van der Waals surface area contributed by atoms with Gasteiger partial charge >= 0.3 is 0 Å². The number of aliphatic hydroxyl groups excluding tert-OH is 1. The maximum absolute atomic E-state index is 10.3. The summed E-state index contributed by atoms with van der Waals surface area (Å²) in [4.78, 5) is 4.38. The topological polar surface area (TPSA) is 72.5 Å². The second-order valence-corrected chi connectivity index (χ2v) is 7.57. The molecular formula is C19H24N4O2S. The number of nitrogens with zero attached hydrogens (tertiary/aromatic N) is 4. The van der Waals surface area contributed by atoms with E-state index in [4.69, 9.17) is 4.74 Å². The van der Waals surface area contributed by atoms with Crippen LogP contribution in [0.5, 0.6) is 5.75 Å². The molecule has 2 aromatic heterocycles. The van der Waals surface area contributed by atoms with Crippen LogP contribution < -0.4 is 4.74 Å². The van der Waals surface area contributed by atoms with Gasteiger partial charge in [0.05, 0.1) is 6.10 Å². The molecule has 0 aliphatic rings. The van der Waals surface area contributed by atoms with Crippen molar-refractivity contribution in [1.82, 2.24) is 19.6 Å². The molecule has 3 aromatic rings. The predicted molar refractivity (Wildman–Crippen MR) is 103 cm³/mol. The Morgan fingerprint density at radius 3 is 2.62 bits per heavy atom. The van der Waals surface area contributed by atoms with Crippen LogP contribution >= 0.6 is 11.8 Å². The number of hydrogen-bond acceptors (Lipinski definition) is 6. The lowest BCUT2D eigenvalue weighted by Gasteiger charge is -2.16. The molecule has 0 aliphatic heterocycles. The molecule has 0 radical (unpaired) electrons. The Morgan fingerprint density at radius 1 is 1.12 bits per heavy atom. The Morgan fingerprint density at radius 2 is 1.85 bits per heavy atom. The highest BCUT2D eigenvalue weighted by molar-refractivity contribution is 7.99. The third-order valence-electron chi connectivity index (χ3n) is 4.36. The summed E-state index contributed by atoms with van der Waals surface area (Å²) in [6, 6.07) is 6.11. The van der Waals surface area contributed by atoms with Crippen molar-refractivity contribution in [3.05, 3.63) is 46.3 Å². The zero-order valence-corrected chi connectivity index (χ0v) is 16.6. The van der Waals surface area contributed by atoms with E-state index in [1.807, 2.05) is 44.2 Å². The molecule has 0 unspecified atom stereocenters. The second kappa shape index (κ2) is 7.63. The monoisotopic (exact) mass is 372 g/mol. The van der Waals surface area contributed by atoms with Crippen LogP contribution in [-0.4, -0.2) is 43.2 Å². The molecule has 0 aliphatic carbocycles. The molecule has 0 bridgehead atoms. The molecule has 0 saturated heterocycles. The Balaban J connectivity index is 1.63. The van der Waals surface area contributed by atoms with Crippen molar-refractivity contribution in [2.24, 2.45) is 0 Å². The van der Waals surface area contributed by atoms with E-state index in [2.05, 4.69) is 28.2 Å². The first-order valence-electron chi connectivity index (χ1n) is 8.56. The molecule has 138 valence electrons. The van der Waals surface area contributed by atoms with E-state index in [1.54, 1.807) is 0 Å². The fourth-order valence-corrected chi connectivity index (χ4v) is 3.73. The lowest BCUT2D eigenvalue weighted by atomic mass is 10.1. The number of benzene rings is 1. The lowest BCUT2D eigenvalue weighted by Crippen LogP contribution is -2.21. The van der Waals surface area contributed by atoms with Crippen LogP contribution in [0.15, 0.2) is 23.4 Å². The average molecular weight is 372 g/mol. The molecule has 6 nitrogen and oxygen atoms in total. The molecule has 2 heterocycles. The third kappa shape index (κ3) is 3.83. The first-order chi connectivity index (χ1) is 12.4. The van der Waals surface area contributed by atoms with Crippen LogP contribution in [0.1, 0.15) is 28.1 Å². The summed E-state index contributed by atoms with van der Waals surface area (Å²) in [7, 11) is 0. The van der Waals surface area contributed by atoms with E-state index in [1.165, 1.54) is 17.3 Å². The molecular weight excluding hydrogens is 348 g/mol. The normalized spacial score (nSPS) is 12.5. The summed E-state index contributed by atoms with van der Waals surface area (Å²) in [5.41, 5.74) is 5.31. The van der Waals surface area contributed by atoms with Gasteiger partial charge in [-0.1, -0.05) is 23.9 Å². The number of rotatable bonds is 6. The summed E-state index contributed by atoms with van der Waals surface area (Å²) < 4.78 is 7.79. The molecule has 26 heavy (non-hydrogen) atoms. The van der Waals surface area contributed by atoms with Crippen LogP contribution in [0.3, 0.4) is 0 Å². The van der Waals surface area contributed by atoms with E-state index in [9.17, 15) is 5.11 Å². The van der Waals surface area contributed by atoms with Gasteiger partial charge in [-0.3, -0.25) is 4.40 Å². The SMILES string of the molecule is Cc1cc(C)n2c(SC[C@@H](O)COc3c(C)ccc(C)c3C)nnc2n1. The molecule has 0 saturated carbocycles. The van der Waals surface area contributed by atoms with E-state index >= 15 is 0 Å². The summed E-state index contributed by atoms with van der Waals surface area (Å²) in [6.07, 6.45) is -0.606. The largest absolute Gasteiger partial charge is 0.490 e. The van der Waals surface area contributed by atoms with Crippen LogP contribution in [0.2, 0.25) is 0 Å².